The van der Waals surface area contributed by atoms with E-state index in [-0.39, 0.29) is 0 Å². The molecule has 0 aliphatic carbocycles. The Bertz CT molecular complexity index is 461. The van der Waals surface area contributed by atoms with Gasteiger partial charge in [0.2, 0.25) is 0 Å². The van der Waals surface area contributed by atoms with Crippen molar-refractivity contribution >= 4 is 11.7 Å². The van der Waals surface area contributed by atoms with Crippen LogP contribution in [0.4, 0.5) is 5.69 Å². The molecule has 1 rings (SSSR count). The van der Waals surface area contributed by atoms with Crippen LogP contribution < -0.4 is 5.73 Å². The molecule has 84 valence electrons. The lowest BCUT2D eigenvalue weighted by atomic mass is 10.0. The topological polar surface area (TPSA) is 76.1 Å². The molecule has 0 fully saturated rings. The Morgan fingerprint density at radius 3 is 2.62 bits per heavy atom. The fraction of sp³-hybridized carbons (Fsp3) is 0.333. The highest BCUT2D eigenvalue weighted by Crippen LogP contribution is 2.18. The number of carbonyl (C=O) groups excluding carboxylic acids is 1. The average Bonchev–Trinajstić information content (AvgIpc) is 2.23. The number of hydrogen-bond donors (Lipinski definition) is 1. The Labute approximate surface area is 94.6 Å². The van der Waals surface area contributed by atoms with Crippen molar-refractivity contribution in [1.29, 1.82) is 5.26 Å². The van der Waals surface area contributed by atoms with Gasteiger partial charge >= 0.3 is 5.97 Å². The number of anilines is 1. The zero-order valence-electron chi connectivity index (χ0n) is 9.57. The third kappa shape index (κ3) is 2.51. The van der Waals surface area contributed by atoms with Gasteiger partial charge in [-0.15, -0.1) is 0 Å². The second-order valence-corrected chi connectivity index (χ2v) is 3.70. The molecule has 0 saturated carbocycles. The molecule has 1 aromatic rings. The van der Waals surface area contributed by atoms with Gasteiger partial charge in [0, 0.05) is 5.69 Å². The second-order valence-electron chi connectivity index (χ2n) is 3.70. The molecule has 0 amide bonds. The Morgan fingerprint density at radius 2 is 2.06 bits per heavy atom. The van der Waals surface area contributed by atoms with E-state index in [1.165, 1.54) is 6.92 Å². The predicted octanol–water partition coefficient (Wildman–Crippen LogP) is 1.95. The van der Waals surface area contributed by atoms with Gasteiger partial charge in [-0.1, -0.05) is 6.07 Å². The van der Waals surface area contributed by atoms with Gasteiger partial charge in [-0.25, -0.2) is 4.79 Å². The summed E-state index contributed by atoms with van der Waals surface area (Å²) in [5, 5.41) is 8.55. The van der Waals surface area contributed by atoms with E-state index in [4.69, 9.17) is 15.7 Å². The van der Waals surface area contributed by atoms with Crippen molar-refractivity contribution in [3.63, 3.8) is 0 Å². The first-order chi connectivity index (χ1) is 7.45. The zero-order chi connectivity index (χ0) is 12.3. The number of ether oxygens (including phenoxy) is 1. The molecule has 0 heterocycles. The van der Waals surface area contributed by atoms with Crippen molar-refractivity contribution in [3.05, 3.63) is 28.8 Å². The largest absolute Gasteiger partial charge is 0.444 e. The number of nitrogen functional groups attached to an aromatic ring is 1. The summed E-state index contributed by atoms with van der Waals surface area (Å²) in [6, 6.07) is 5.24. The molecule has 4 heteroatoms. The summed E-state index contributed by atoms with van der Waals surface area (Å²) in [4.78, 5) is 11.7. The smallest absolute Gasteiger partial charge is 0.339 e. The molecule has 0 aliphatic heterocycles. The van der Waals surface area contributed by atoms with Crippen LogP contribution in [0, 0.1) is 25.2 Å². The van der Waals surface area contributed by atoms with Crippen LogP contribution in [0.5, 0.6) is 0 Å². The van der Waals surface area contributed by atoms with Crippen LogP contribution in [0.2, 0.25) is 0 Å². The summed E-state index contributed by atoms with van der Waals surface area (Å²) in [5.41, 5.74) is 8.38. The number of nitriles is 1. The quantitative estimate of drug-likeness (QED) is 0.608. The van der Waals surface area contributed by atoms with Gasteiger partial charge in [0.15, 0.2) is 6.10 Å². The van der Waals surface area contributed by atoms with Gasteiger partial charge in [0.1, 0.15) is 6.07 Å². The minimum Gasteiger partial charge on any atom is -0.444 e. The van der Waals surface area contributed by atoms with Crippen molar-refractivity contribution in [2.75, 3.05) is 5.73 Å². The first kappa shape index (κ1) is 12.1. The van der Waals surface area contributed by atoms with Crippen LogP contribution in [-0.4, -0.2) is 12.1 Å². The van der Waals surface area contributed by atoms with E-state index in [2.05, 4.69) is 0 Å². The van der Waals surface area contributed by atoms with Crippen molar-refractivity contribution in [2.45, 2.75) is 26.9 Å². The van der Waals surface area contributed by atoms with Crippen molar-refractivity contribution < 1.29 is 9.53 Å². The van der Waals surface area contributed by atoms with E-state index >= 15 is 0 Å². The Kier molecular flexibility index (Phi) is 3.51. The number of hydrogen-bond acceptors (Lipinski definition) is 4. The number of esters is 1. The Hall–Kier alpha value is -2.02. The highest BCUT2D eigenvalue weighted by atomic mass is 16.5. The monoisotopic (exact) mass is 218 g/mol. The summed E-state index contributed by atoms with van der Waals surface area (Å²) in [7, 11) is 0. The molecule has 1 unspecified atom stereocenters. The summed E-state index contributed by atoms with van der Waals surface area (Å²) < 4.78 is 4.91. The lowest BCUT2D eigenvalue weighted by Gasteiger charge is -2.10. The molecule has 1 atom stereocenters. The molecule has 0 aliphatic rings. The molecule has 4 nitrogen and oxygen atoms in total. The zero-order valence-corrected chi connectivity index (χ0v) is 9.57. The number of rotatable bonds is 2. The normalized spacial score (nSPS) is 11.6. The van der Waals surface area contributed by atoms with E-state index in [1.54, 1.807) is 13.0 Å². The van der Waals surface area contributed by atoms with E-state index in [1.807, 2.05) is 19.1 Å². The van der Waals surface area contributed by atoms with E-state index in [9.17, 15) is 4.79 Å². The summed E-state index contributed by atoms with van der Waals surface area (Å²) in [5.74, 6) is -0.516. The van der Waals surface area contributed by atoms with Crippen LogP contribution >= 0.6 is 0 Å². The first-order valence-corrected chi connectivity index (χ1v) is 4.93. The Balaban J connectivity index is 3.01. The standard InChI is InChI=1S/C12H14N2O2/c1-7-4-8(2)11(14)5-10(7)12(15)16-9(3)6-13/h4-5,9H,14H2,1-3H3. The highest BCUT2D eigenvalue weighted by molar-refractivity contribution is 5.92. The van der Waals surface area contributed by atoms with Gasteiger partial charge in [-0.05, 0) is 38.0 Å². The lowest BCUT2D eigenvalue weighted by molar-refractivity contribution is 0.0434. The van der Waals surface area contributed by atoms with Gasteiger partial charge in [0.25, 0.3) is 0 Å². The summed E-state index contributed by atoms with van der Waals surface area (Å²) in [6.45, 7) is 5.19. The van der Waals surface area contributed by atoms with Crippen LogP contribution in [0.3, 0.4) is 0 Å². The maximum Gasteiger partial charge on any atom is 0.339 e. The van der Waals surface area contributed by atoms with Crippen LogP contribution in [0.1, 0.15) is 28.4 Å². The summed E-state index contributed by atoms with van der Waals surface area (Å²) >= 11 is 0. The fourth-order valence-corrected chi connectivity index (χ4v) is 1.34. The molecule has 2 N–H and O–H groups in total. The van der Waals surface area contributed by atoms with Crippen LogP contribution in [-0.2, 0) is 4.74 Å². The minimum atomic E-state index is -0.755. The third-order valence-corrected chi connectivity index (χ3v) is 2.30. The molecule has 0 radical (unpaired) electrons. The SMILES string of the molecule is Cc1cc(C)c(C(=O)OC(C)C#N)cc1N. The predicted molar refractivity (Wildman–Crippen MR) is 60.8 cm³/mol. The molecular formula is C12H14N2O2. The molecule has 0 bridgehead atoms. The number of benzene rings is 1. The number of nitrogens with zero attached hydrogens (tertiary/aromatic N) is 1. The van der Waals surface area contributed by atoms with Gasteiger partial charge in [-0.2, -0.15) is 5.26 Å². The van der Waals surface area contributed by atoms with Gasteiger partial charge in [-0.3, -0.25) is 0 Å². The fourth-order valence-electron chi connectivity index (χ4n) is 1.34. The second kappa shape index (κ2) is 4.67. The van der Waals surface area contributed by atoms with E-state index in [0.29, 0.717) is 11.3 Å². The summed E-state index contributed by atoms with van der Waals surface area (Å²) in [6.07, 6.45) is -0.755. The number of nitrogens with two attached hydrogens (primary N) is 1. The molecule has 1 aromatic carbocycles. The van der Waals surface area contributed by atoms with Crippen molar-refractivity contribution in [1.82, 2.24) is 0 Å². The molecule has 0 spiro atoms. The van der Waals surface area contributed by atoms with E-state index < -0.39 is 12.1 Å². The van der Waals surface area contributed by atoms with Gasteiger partial charge < -0.3 is 10.5 Å². The first-order valence-electron chi connectivity index (χ1n) is 4.93. The highest BCUT2D eigenvalue weighted by Gasteiger charge is 2.14. The third-order valence-electron chi connectivity index (χ3n) is 2.30. The van der Waals surface area contributed by atoms with E-state index in [0.717, 1.165) is 11.1 Å². The molecular weight excluding hydrogens is 204 g/mol. The number of carbonyl (C=O) groups is 1. The van der Waals surface area contributed by atoms with Gasteiger partial charge in [0.05, 0.1) is 5.56 Å². The van der Waals surface area contributed by atoms with Crippen LogP contribution in [0.25, 0.3) is 0 Å². The maximum absolute atomic E-state index is 11.7. The van der Waals surface area contributed by atoms with Crippen molar-refractivity contribution in [3.8, 4) is 6.07 Å². The Morgan fingerprint density at radius 1 is 1.44 bits per heavy atom. The lowest BCUT2D eigenvalue weighted by Crippen LogP contribution is -2.14. The molecule has 16 heavy (non-hydrogen) atoms. The number of aryl methyl sites for hydroxylation is 2. The maximum atomic E-state index is 11.7. The van der Waals surface area contributed by atoms with Crippen molar-refractivity contribution in [2.24, 2.45) is 0 Å². The molecule has 0 saturated heterocycles. The molecule has 0 aromatic heterocycles. The average molecular weight is 218 g/mol. The van der Waals surface area contributed by atoms with Crippen LogP contribution in [0.15, 0.2) is 12.1 Å². The minimum absolute atomic E-state index is 0.408.